The summed E-state index contributed by atoms with van der Waals surface area (Å²) in [4.78, 5) is 22.1. The van der Waals surface area contributed by atoms with Crippen molar-refractivity contribution in [3.63, 3.8) is 0 Å². The normalized spacial score (nSPS) is 9.57. The first-order valence-corrected chi connectivity index (χ1v) is 6.62. The summed E-state index contributed by atoms with van der Waals surface area (Å²) in [6, 6.07) is 7.87. The monoisotopic (exact) mass is 292 g/mol. The van der Waals surface area contributed by atoms with Crippen LogP contribution in [0.3, 0.4) is 0 Å². The van der Waals surface area contributed by atoms with Gasteiger partial charge in [0.05, 0.1) is 13.2 Å². The van der Waals surface area contributed by atoms with E-state index in [-0.39, 0.29) is 19.8 Å². The highest BCUT2D eigenvalue weighted by atomic mass is 16.6. The Hall–Kier alpha value is -2.50. The van der Waals surface area contributed by atoms with Gasteiger partial charge >= 0.3 is 12.1 Å². The fourth-order valence-corrected chi connectivity index (χ4v) is 1.51. The van der Waals surface area contributed by atoms with Gasteiger partial charge in [-0.1, -0.05) is 18.7 Å². The summed E-state index contributed by atoms with van der Waals surface area (Å²) in [7, 11) is 1.86. The predicted molar refractivity (Wildman–Crippen MR) is 80.2 cm³/mol. The van der Waals surface area contributed by atoms with Gasteiger partial charge in [-0.15, -0.1) is 0 Å². The zero-order chi connectivity index (χ0) is 15.5. The van der Waals surface area contributed by atoms with E-state index in [0.717, 1.165) is 17.3 Å². The topological polar surface area (TPSA) is 76.7 Å². The van der Waals surface area contributed by atoms with Gasteiger partial charge in [-0.2, -0.15) is 0 Å². The molecule has 0 aliphatic rings. The Labute approximate surface area is 124 Å². The molecule has 0 fully saturated rings. The maximum Gasteiger partial charge on any atom is 0.407 e. The number of esters is 1. The van der Waals surface area contributed by atoms with E-state index in [1.54, 1.807) is 0 Å². The van der Waals surface area contributed by atoms with E-state index in [2.05, 4.69) is 17.2 Å². The number of anilines is 1. The molecular weight excluding hydrogens is 272 g/mol. The second kappa shape index (κ2) is 9.41. The summed E-state index contributed by atoms with van der Waals surface area (Å²) in [6.45, 7) is 3.85. The molecule has 1 aromatic rings. The number of ether oxygens (including phenoxy) is 2. The van der Waals surface area contributed by atoms with Crippen LogP contribution in [0.2, 0.25) is 0 Å². The number of benzene rings is 1. The van der Waals surface area contributed by atoms with Crippen LogP contribution in [-0.4, -0.2) is 38.9 Å². The second-order valence-electron chi connectivity index (χ2n) is 4.13. The molecule has 1 amide bonds. The first-order valence-electron chi connectivity index (χ1n) is 6.62. The molecule has 6 heteroatoms. The number of carbonyl (C=O) groups excluding carboxylic acids is 2. The van der Waals surface area contributed by atoms with Crippen molar-refractivity contribution in [2.75, 3.05) is 32.1 Å². The fraction of sp³-hybridized carbons (Fsp3) is 0.333. The number of amides is 1. The van der Waals surface area contributed by atoms with Gasteiger partial charge in [-0.3, -0.25) is 0 Å². The summed E-state index contributed by atoms with van der Waals surface area (Å²) in [5.41, 5.74) is 2.12. The Morgan fingerprint density at radius 3 is 2.52 bits per heavy atom. The number of nitrogens with one attached hydrogen (secondary N) is 2. The molecule has 0 bridgehead atoms. The summed E-state index contributed by atoms with van der Waals surface area (Å²) in [6.07, 6.45) is 1.18. The van der Waals surface area contributed by atoms with E-state index < -0.39 is 12.1 Å². The quantitative estimate of drug-likeness (QED) is 0.433. The molecule has 0 aliphatic heterocycles. The largest absolute Gasteiger partial charge is 0.461 e. The van der Waals surface area contributed by atoms with Crippen LogP contribution >= 0.6 is 0 Å². The molecule has 0 saturated heterocycles. The van der Waals surface area contributed by atoms with Crippen LogP contribution < -0.4 is 10.6 Å². The first-order chi connectivity index (χ1) is 10.2. The highest BCUT2D eigenvalue weighted by Gasteiger charge is 2.02. The first kappa shape index (κ1) is 16.6. The van der Waals surface area contributed by atoms with E-state index >= 15 is 0 Å². The van der Waals surface area contributed by atoms with Crippen molar-refractivity contribution in [2.24, 2.45) is 0 Å². The molecule has 1 rings (SSSR count). The van der Waals surface area contributed by atoms with E-state index in [4.69, 9.17) is 9.47 Å². The van der Waals surface area contributed by atoms with Crippen molar-refractivity contribution in [1.82, 2.24) is 5.32 Å². The number of alkyl carbamates (subject to hydrolysis) is 1. The van der Waals surface area contributed by atoms with Crippen LogP contribution in [0, 0.1) is 0 Å². The Morgan fingerprint density at radius 2 is 1.90 bits per heavy atom. The fourth-order valence-electron chi connectivity index (χ4n) is 1.51. The molecule has 6 nitrogen and oxygen atoms in total. The van der Waals surface area contributed by atoms with E-state index in [9.17, 15) is 9.59 Å². The molecule has 114 valence electrons. The lowest BCUT2D eigenvalue weighted by Crippen LogP contribution is -2.29. The Bertz CT molecular complexity index is 471. The molecule has 2 N–H and O–H groups in total. The molecule has 1 aromatic carbocycles. The van der Waals surface area contributed by atoms with Crippen LogP contribution in [0.4, 0.5) is 10.5 Å². The SMILES string of the molecule is C=CC(=O)OCCNC(=O)OCCc1ccc(NC)cc1. The minimum absolute atomic E-state index is 0.0887. The lowest BCUT2D eigenvalue weighted by molar-refractivity contribution is -0.137. The molecule has 0 unspecified atom stereocenters. The van der Waals surface area contributed by atoms with Crippen LogP contribution in [0.25, 0.3) is 0 Å². The van der Waals surface area contributed by atoms with Gasteiger partial charge in [0.15, 0.2) is 0 Å². The van der Waals surface area contributed by atoms with Crippen molar-refractivity contribution >= 4 is 17.7 Å². The molecule has 0 aromatic heterocycles. The molecule has 21 heavy (non-hydrogen) atoms. The maximum absolute atomic E-state index is 11.3. The van der Waals surface area contributed by atoms with Gasteiger partial charge in [0.1, 0.15) is 6.61 Å². The molecule has 0 atom stereocenters. The van der Waals surface area contributed by atoms with Crippen molar-refractivity contribution in [2.45, 2.75) is 6.42 Å². The Morgan fingerprint density at radius 1 is 1.19 bits per heavy atom. The van der Waals surface area contributed by atoms with Gasteiger partial charge in [0.25, 0.3) is 0 Å². The highest BCUT2D eigenvalue weighted by Crippen LogP contribution is 2.08. The summed E-state index contributed by atoms with van der Waals surface area (Å²) >= 11 is 0. The average molecular weight is 292 g/mol. The van der Waals surface area contributed by atoms with Crippen LogP contribution in [0.5, 0.6) is 0 Å². The average Bonchev–Trinajstić information content (AvgIpc) is 2.52. The zero-order valence-electron chi connectivity index (χ0n) is 12.1. The van der Waals surface area contributed by atoms with Crippen LogP contribution in [0.15, 0.2) is 36.9 Å². The van der Waals surface area contributed by atoms with Gasteiger partial charge < -0.3 is 20.1 Å². The van der Waals surface area contributed by atoms with E-state index in [0.29, 0.717) is 6.42 Å². The third-order valence-electron chi connectivity index (χ3n) is 2.65. The number of hydrogen-bond donors (Lipinski definition) is 2. The third kappa shape index (κ3) is 7.00. The Balaban J connectivity index is 2.12. The van der Waals surface area contributed by atoms with Crippen molar-refractivity contribution < 1.29 is 19.1 Å². The Kier molecular flexibility index (Phi) is 7.42. The molecule has 0 saturated carbocycles. The van der Waals surface area contributed by atoms with E-state index in [1.165, 1.54) is 0 Å². The lowest BCUT2D eigenvalue weighted by Gasteiger charge is -2.07. The minimum Gasteiger partial charge on any atom is -0.461 e. The van der Waals surface area contributed by atoms with Gasteiger partial charge in [-0.25, -0.2) is 9.59 Å². The minimum atomic E-state index is -0.531. The highest BCUT2D eigenvalue weighted by molar-refractivity contribution is 5.81. The molecule has 0 radical (unpaired) electrons. The molecular formula is C15H20N2O4. The maximum atomic E-state index is 11.3. The van der Waals surface area contributed by atoms with Crippen molar-refractivity contribution in [3.05, 3.63) is 42.5 Å². The number of hydrogen-bond acceptors (Lipinski definition) is 5. The standard InChI is InChI=1S/C15H20N2O4/c1-3-14(18)20-11-9-17-15(19)21-10-8-12-4-6-13(16-2)7-5-12/h3-7,16H,1,8-11H2,2H3,(H,17,19). The van der Waals surface area contributed by atoms with Crippen LogP contribution in [-0.2, 0) is 20.7 Å². The molecule has 0 heterocycles. The smallest absolute Gasteiger partial charge is 0.407 e. The predicted octanol–water partition coefficient (Wildman–Crippen LogP) is 1.73. The summed E-state index contributed by atoms with van der Waals surface area (Å²) in [5.74, 6) is -0.518. The van der Waals surface area contributed by atoms with Gasteiger partial charge in [0, 0.05) is 25.2 Å². The number of carbonyl (C=O) groups is 2. The summed E-state index contributed by atoms with van der Waals surface area (Å²) in [5, 5.41) is 5.52. The van der Waals surface area contributed by atoms with Crippen molar-refractivity contribution in [3.8, 4) is 0 Å². The second-order valence-corrected chi connectivity index (χ2v) is 4.13. The van der Waals surface area contributed by atoms with E-state index in [1.807, 2.05) is 31.3 Å². The third-order valence-corrected chi connectivity index (χ3v) is 2.65. The lowest BCUT2D eigenvalue weighted by atomic mass is 10.1. The molecule has 0 aliphatic carbocycles. The van der Waals surface area contributed by atoms with Crippen LogP contribution in [0.1, 0.15) is 5.56 Å². The van der Waals surface area contributed by atoms with Crippen molar-refractivity contribution in [1.29, 1.82) is 0 Å². The van der Waals surface area contributed by atoms with Gasteiger partial charge in [0.2, 0.25) is 0 Å². The zero-order valence-corrected chi connectivity index (χ0v) is 12.1. The number of rotatable bonds is 8. The van der Waals surface area contributed by atoms with Gasteiger partial charge in [-0.05, 0) is 17.7 Å². The summed E-state index contributed by atoms with van der Waals surface area (Å²) < 4.78 is 9.71. The molecule has 0 spiro atoms.